The summed E-state index contributed by atoms with van der Waals surface area (Å²) in [7, 11) is 0. The largest absolute Gasteiger partial charge is 0.358 e. The Morgan fingerprint density at radius 3 is 1.56 bits per heavy atom. The lowest BCUT2D eigenvalue weighted by atomic mass is 10.1. The van der Waals surface area contributed by atoms with E-state index in [0.717, 1.165) is 0 Å². The van der Waals surface area contributed by atoms with Gasteiger partial charge >= 0.3 is 0 Å². The fourth-order valence-electron chi connectivity index (χ4n) is 1.29. The molecule has 0 aliphatic rings. The van der Waals surface area contributed by atoms with Gasteiger partial charge in [0.15, 0.2) is 0 Å². The van der Waals surface area contributed by atoms with Gasteiger partial charge in [-0.1, -0.05) is 0 Å². The molecule has 0 aliphatic heterocycles. The van der Waals surface area contributed by atoms with Gasteiger partial charge < -0.3 is 9.97 Å². The van der Waals surface area contributed by atoms with Gasteiger partial charge in [0.1, 0.15) is 0 Å². The van der Waals surface area contributed by atoms with Crippen molar-refractivity contribution in [3.63, 3.8) is 0 Å². The zero-order valence-corrected chi connectivity index (χ0v) is 8.19. The molecule has 0 bridgehead atoms. The predicted octanol–water partition coefficient (Wildman–Crippen LogP) is 0.977. The normalized spacial score (nSPS) is 10.0. The number of nitrogens with one attached hydrogen (secondary N) is 2. The van der Waals surface area contributed by atoms with Crippen LogP contribution < -0.4 is 0 Å². The van der Waals surface area contributed by atoms with Crippen LogP contribution in [0.5, 0.6) is 0 Å². The van der Waals surface area contributed by atoms with Gasteiger partial charge in [-0.2, -0.15) is 0 Å². The van der Waals surface area contributed by atoms with E-state index in [1.807, 2.05) is 0 Å². The Hall–Kier alpha value is -2.43. The van der Waals surface area contributed by atoms with Crippen LogP contribution in [0.15, 0.2) is 36.7 Å². The van der Waals surface area contributed by atoms with Gasteiger partial charge in [-0.05, 0) is 24.3 Å². The minimum atomic E-state index is -1.05. The molecular weight excluding hydrogens is 208 g/mol. The maximum atomic E-state index is 11.5. The third kappa shape index (κ3) is 1.70. The molecule has 0 spiro atoms. The van der Waals surface area contributed by atoms with Crippen LogP contribution in [-0.4, -0.2) is 27.3 Å². The van der Waals surface area contributed by atoms with Gasteiger partial charge in [0.2, 0.25) is 0 Å². The first-order valence-corrected chi connectivity index (χ1v) is 4.60. The molecule has 0 radical (unpaired) electrons. The summed E-state index contributed by atoms with van der Waals surface area (Å²) >= 11 is 0. The zero-order valence-electron chi connectivity index (χ0n) is 8.19. The number of ketones is 3. The highest BCUT2D eigenvalue weighted by molar-refractivity contribution is 6.69. The first kappa shape index (κ1) is 10.1. The number of hydrogen-bond donors (Lipinski definition) is 2. The van der Waals surface area contributed by atoms with Crippen molar-refractivity contribution in [3.8, 4) is 0 Å². The van der Waals surface area contributed by atoms with E-state index in [2.05, 4.69) is 9.97 Å². The summed E-state index contributed by atoms with van der Waals surface area (Å²) in [6.07, 6.45) is 3.03. The molecule has 2 aromatic rings. The van der Waals surface area contributed by atoms with Crippen LogP contribution >= 0.6 is 0 Å². The molecule has 0 saturated heterocycles. The minimum Gasteiger partial charge on any atom is -0.358 e. The summed E-state index contributed by atoms with van der Waals surface area (Å²) in [5.41, 5.74) is 0.231. The fraction of sp³-hybridized carbons (Fsp3) is 0. The van der Waals surface area contributed by atoms with E-state index < -0.39 is 17.3 Å². The lowest BCUT2D eigenvalue weighted by molar-refractivity contribution is -0.111. The smallest absolute Gasteiger partial charge is 0.277 e. The SMILES string of the molecule is O=C(C(=O)c1ccc[nH]1)C(=O)c1ccc[nH]1. The molecule has 2 heterocycles. The Morgan fingerprint density at radius 1 is 0.812 bits per heavy atom. The van der Waals surface area contributed by atoms with Crippen LogP contribution in [0.3, 0.4) is 0 Å². The molecule has 0 amide bonds. The summed E-state index contributed by atoms with van der Waals surface area (Å²) in [4.78, 5) is 39.7. The topological polar surface area (TPSA) is 82.8 Å². The number of hydrogen-bond acceptors (Lipinski definition) is 3. The molecular formula is C11H8N2O3. The molecule has 0 aromatic carbocycles. The minimum absolute atomic E-state index is 0.116. The number of aromatic amines is 2. The van der Waals surface area contributed by atoms with E-state index in [4.69, 9.17) is 0 Å². The van der Waals surface area contributed by atoms with Crippen molar-refractivity contribution in [1.29, 1.82) is 0 Å². The van der Waals surface area contributed by atoms with Crippen molar-refractivity contribution in [2.24, 2.45) is 0 Å². The summed E-state index contributed by atoms with van der Waals surface area (Å²) in [5.74, 6) is -2.71. The molecule has 16 heavy (non-hydrogen) atoms. The van der Waals surface area contributed by atoms with Gasteiger partial charge in [0, 0.05) is 12.4 Å². The molecule has 80 valence electrons. The van der Waals surface area contributed by atoms with Crippen LogP contribution in [0.4, 0.5) is 0 Å². The highest BCUT2D eigenvalue weighted by atomic mass is 16.2. The number of carbonyl (C=O) groups excluding carboxylic acids is 3. The Balaban J connectivity index is 2.21. The summed E-state index contributed by atoms with van der Waals surface area (Å²) < 4.78 is 0. The van der Waals surface area contributed by atoms with Crippen molar-refractivity contribution in [2.45, 2.75) is 0 Å². The molecule has 0 atom stereocenters. The van der Waals surface area contributed by atoms with Crippen LogP contribution in [0.2, 0.25) is 0 Å². The Morgan fingerprint density at radius 2 is 1.25 bits per heavy atom. The lowest BCUT2D eigenvalue weighted by Crippen LogP contribution is -2.24. The predicted molar refractivity (Wildman–Crippen MR) is 55.3 cm³/mol. The van der Waals surface area contributed by atoms with E-state index in [1.54, 1.807) is 12.1 Å². The molecule has 2 aromatic heterocycles. The van der Waals surface area contributed by atoms with E-state index in [0.29, 0.717) is 0 Å². The standard InChI is InChI=1S/C11H8N2O3/c14-9(7-3-1-5-12-7)11(16)10(15)8-4-2-6-13-8/h1-6,12-13H. The average molecular weight is 216 g/mol. The summed E-state index contributed by atoms with van der Waals surface area (Å²) in [6, 6.07) is 6.06. The lowest BCUT2D eigenvalue weighted by Gasteiger charge is -1.95. The molecule has 0 saturated carbocycles. The first-order chi connectivity index (χ1) is 7.70. The second-order valence-corrected chi connectivity index (χ2v) is 3.15. The molecule has 5 heteroatoms. The molecule has 5 nitrogen and oxygen atoms in total. The second kappa shape index (κ2) is 3.98. The number of aromatic nitrogens is 2. The Bertz CT molecular complexity index is 475. The quantitative estimate of drug-likeness (QED) is 0.454. The molecule has 2 N–H and O–H groups in total. The average Bonchev–Trinajstić information content (AvgIpc) is 2.97. The van der Waals surface area contributed by atoms with Gasteiger partial charge in [-0.25, -0.2) is 0 Å². The highest BCUT2D eigenvalue weighted by Crippen LogP contribution is 2.03. The van der Waals surface area contributed by atoms with Crippen molar-refractivity contribution < 1.29 is 14.4 Å². The van der Waals surface area contributed by atoms with Gasteiger partial charge in [-0.15, -0.1) is 0 Å². The number of Topliss-reactive ketones (excluding diaryl/α,β-unsaturated/α-hetero) is 3. The van der Waals surface area contributed by atoms with Gasteiger partial charge in [-0.3, -0.25) is 14.4 Å². The van der Waals surface area contributed by atoms with Crippen LogP contribution in [0, 0.1) is 0 Å². The zero-order chi connectivity index (χ0) is 11.5. The number of H-pyrrole nitrogens is 2. The van der Waals surface area contributed by atoms with Crippen molar-refractivity contribution >= 4 is 17.3 Å². The number of carbonyl (C=O) groups is 3. The van der Waals surface area contributed by atoms with Gasteiger partial charge in [0.25, 0.3) is 17.3 Å². The third-order valence-electron chi connectivity index (χ3n) is 2.10. The third-order valence-corrected chi connectivity index (χ3v) is 2.10. The first-order valence-electron chi connectivity index (χ1n) is 4.60. The molecule has 2 rings (SSSR count). The van der Waals surface area contributed by atoms with Gasteiger partial charge in [0.05, 0.1) is 11.4 Å². The summed E-state index contributed by atoms with van der Waals surface area (Å²) in [6.45, 7) is 0. The van der Waals surface area contributed by atoms with E-state index >= 15 is 0 Å². The maximum absolute atomic E-state index is 11.5. The van der Waals surface area contributed by atoms with Crippen molar-refractivity contribution in [3.05, 3.63) is 48.0 Å². The van der Waals surface area contributed by atoms with E-state index in [1.165, 1.54) is 24.5 Å². The van der Waals surface area contributed by atoms with E-state index in [-0.39, 0.29) is 11.4 Å². The van der Waals surface area contributed by atoms with E-state index in [9.17, 15) is 14.4 Å². The molecule has 0 fully saturated rings. The van der Waals surface area contributed by atoms with Crippen LogP contribution in [0.25, 0.3) is 0 Å². The van der Waals surface area contributed by atoms with Crippen LogP contribution in [0.1, 0.15) is 21.0 Å². The summed E-state index contributed by atoms with van der Waals surface area (Å²) in [5, 5.41) is 0. The number of rotatable bonds is 4. The Labute approximate surface area is 90.5 Å². The Kier molecular flexibility index (Phi) is 2.51. The molecule has 0 unspecified atom stereocenters. The van der Waals surface area contributed by atoms with Crippen molar-refractivity contribution in [1.82, 2.24) is 9.97 Å². The highest BCUT2D eigenvalue weighted by Gasteiger charge is 2.26. The fourth-order valence-corrected chi connectivity index (χ4v) is 1.29. The molecule has 0 aliphatic carbocycles. The van der Waals surface area contributed by atoms with Crippen LogP contribution in [-0.2, 0) is 4.79 Å². The maximum Gasteiger partial charge on any atom is 0.277 e. The monoisotopic (exact) mass is 216 g/mol. The second-order valence-electron chi connectivity index (χ2n) is 3.15. The van der Waals surface area contributed by atoms with Crippen molar-refractivity contribution in [2.75, 3.05) is 0 Å².